The van der Waals surface area contributed by atoms with E-state index in [4.69, 9.17) is 9.47 Å². The third-order valence-corrected chi connectivity index (χ3v) is 7.48. The molecule has 2 aliphatic carbocycles. The van der Waals surface area contributed by atoms with E-state index in [1.807, 2.05) is 27.7 Å². The predicted molar refractivity (Wildman–Crippen MR) is 106 cm³/mol. The number of rotatable bonds is 4. The van der Waals surface area contributed by atoms with Gasteiger partial charge in [-0.2, -0.15) is 0 Å². The summed E-state index contributed by atoms with van der Waals surface area (Å²) in [6.07, 6.45) is 5.20. The average Bonchev–Trinajstić information content (AvgIpc) is 2.55. The zero-order chi connectivity index (χ0) is 22.3. The molecule has 2 fully saturated rings. The van der Waals surface area contributed by atoms with E-state index in [-0.39, 0.29) is 98.2 Å². The molecular weight excluding hydrogens is 505 g/mol. The number of carbonyl (C=O) groups is 3. The first kappa shape index (κ1) is 28.5. The summed E-state index contributed by atoms with van der Waals surface area (Å²) in [5, 5.41) is 11.0. The summed E-state index contributed by atoms with van der Waals surface area (Å²) in [5.74, 6) is -3.08. The summed E-state index contributed by atoms with van der Waals surface area (Å²) < 4.78 is 11.0. The second-order valence-corrected chi connectivity index (χ2v) is 11.2. The Kier molecular flexibility index (Phi) is 9.65. The Hall–Kier alpha value is 0.462. The molecule has 0 saturated heterocycles. The Bertz CT molecular complexity index is 667. The van der Waals surface area contributed by atoms with E-state index in [1.54, 1.807) is 0 Å². The van der Waals surface area contributed by atoms with Gasteiger partial charge in [0.25, 0.3) is 0 Å². The van der Waals surface area contributed by atoms with Crippen molar-refractivity contribution in [3.8, 4) is 0 Å². The number of fused-ring (bicyclic) bond motifs is 1. The van der Waals surface area contributed by atoms with Gasteiger partial charge < -0.3 is 19.4 Å². The molecule has 0 unspecified atom stereocenters. The van der Waals surface area contributed by atoms with E-state index >= 15 is 0 Å². The first-order chi connectivity index (χ1) is 13.1. The fraction of sp³-hybridized carbons (Fsp3) is 0.870. The average molecular weight is 542 g/mol. The van der Waals surface area contributed by atoms with Crippen LogP contribution in [-0.4, -0.2) is 30.1 Å². The molecule has 0 aromatic rings. The molecular formula is C23H37CsO6. The summed E-state index contributed by atoms with van der Waals surface area (Å²) in [4.78, 5) is 35.2. The molecule has 0 aliphatic heterocycles. The van der Waals surface area contributed by atoms with E-state index in [9.17, 15) is 19.5 Å². The van der Waals surface area contributed by atoms with Crippen molar-refractivity contribution in [2.75, 3.05) is 6.61 Å². The fourth-order valence-electron chi connectivity index (χ4n) is 6.10. The van der Waals surface area contributed by atoms with Crippen molar-refractivity contribution >= 4 is 17.9 Å². The summed E-state index contributed by atoms with van der Waals surface area (Å²) in [5.41, 5.74) is -1.48. The van der Waals surface area contributed by atoms with Gasteiger partial charge in [-0.1, -0.05) is 27.2 Å². The van der Waals surface area contributed by atoms with Crippen molar-refractivity contribution < 1.29 is 97.9 Å². The van der Waals surface area contributed by atoms with Gasteiger partial charge >= 0.3 is 80.8 Å². The van der Waals surface area contributed by atoms with Crippen LogP contribution in [0.25, 0.3) is 0 Å². The number of hydrogen-bond donors (Lipinski definition) is 0. The van der Waals surface area contributed by atoms with Crippen LogP contribution in [-0.2, 0) is 23.9 Å². The monoisotopic (exact) mass is 542 g/mol. The molecule has 7 heteroatoms. The molecule has 30 heavy (non-hydrogen) atoms. The Balaban J connectivity index is 0.00000450. The number of esters is 2. The molecule has 2 aliphatic rings. The smallest absolute Gasteiger partial charge is 0.539 e. The van der Waals surface area contributed by atoms with Crippen molar-refractivity contribution in [3.05, 3.63) is 0 Å². The summed E-state index contributed by atoms with van der Waals surface area (Å²) in [6, 6.07) is 0. The third-order valence-electron chi connectivity index (χ3n) is 7.48. The fourth-order valence-corrected chi connectivity index (χ4v) is 6.10. The van der Waals surface area contributed by atoms with E-state index in [2.05, 4.69) is 20.8 Å². The number of carbonyl (C=O) groups excluding carboxylic acids is 3. The zero-order valence-electron chi connectivity index (χ0n) is 20.1. The van der Waals surface area contributed by atoms with Crippen LogP contribution in [0.4, 0.5) is 0 Å². The van der Waals surface area contributed by atoms with Gasteiger partial charge in [0.05, 0.1) is 12.0 Å². The van der Waals surface area contributed by atoms with Gasteiger partial charge in [-0.15, -0.1) is 0 Å². The van der Waals surface area contributed by atoms with E-state index in [0.29, 0.717) is 18.8 Å². The van der Waals surface area contributed by atoms with Crippen LogP contribution in [0.15, 0.2) is 0 Å². The van der Waals surface area contributed by atoms with Crippen LogP contribution in [0, 0.1) is 28.1 Å². The number of hydrogen-bond acceptors (Lipinski definition) is 6. The molecule has 166 valence electrons. The number of carboxylic acids is 1. The summed E-state index contributed by atoms with van der Waals surface area (Å²) >= 11 is 0. The first-order valence-corrected chi connectivity index (χ1v) is 10.7. The second kappa shape index (κ2) is 10.2. The van der Waals surface area contributed by atoms with E-state index in [0.717, 1.165) is 25.7 Å². The summed E-state index contributed by atoms with van der Waals surface area (Å²) in [7, 11) is 0. The topological polar surface area (TPSA) is 92.7 Å². The Morgan fingerprint density at radius 1 is 1.03 bits per heavy atom. The van der Waals surface area contributed by atoms with Crippen molar-refractivity contribution in [2.45, 2.75) is 92.6 Å². The maximum Gasteiger partial charge on any atom is 1.00 e. The molecule has 0 heterocycles. The molecule has 0 amide bonds. The number of aliphatic carboxylic acids is 1. The molecule has 2 saturated carbocycles. The van der Waals surface area contributed by atoms with Crippen LogP contribution in [0.3, 0.4) is 0 Å². The maximum absolute atomic E-state index is 12.2. The van der Waals surface area contributed by atoms with Crippen LogP contribution >= 0.6 is 0 Å². The van der Waals surface area contributed by atoms with Gasteiger partial charge in [-0.3, -0.25) is 4.79 Å². The predicted octanol–water partition coefficient (Wildman–Crippen LogP) is 0.264. The van der Waals surface area contributed by atoms with Gasteiger partial charge in [0.1, 0.15) is 5.60 Å². The zero-order valence-corrected chi connectivity index (χ0v) is 26.3. The van der Waals surface area contributed by atoms with Gasteiger partial charge in [-0.25, -0.2) is 4.79 Å². The minimum atomic E-state index is -1.82. The Morgan fingerprint density at radius 3 is 2.17 bits per heavy atom. The van der Waals surface area contributed by atoms with Crippen LogP contribution in [0.5, 0.6) is 0 Å². The Morgan fingerprint density at radius 2 is 1.63 bits per heavy atom. The minimum absolute atomic E-state index is 0. The standard InChI is InChI=1S/C23H38O6.Cs/c1-20(2,3)19(27)28-14-10-16-22(6)12-8-11-21(4,5)15(22)9-13-23(16,7)29-18(26)17(24)25;/h15-16H,8-14H2,1-7H3,(H,24,25);/q;+1/p-1/t15-,16+,22-,23+;/m0./s1. The van der Waals surface area contributed by atoms with Crippen LogP contribution < -0.4 is 74.0 Å². The SMILES string of the molecule is CC(C)(C)C(=O)OCC[C@@H]1[C@@]2(C)CCCC(C)(C)[C@@H]2CC[C@@]1(C)OC(=O)C(=O)[O-].[Cs+]. The molecule has 0 aromatic carbocycles. The minimum Gasteiger partial charge on any atom is -0.539 e. The molecule has 0 aromatic heterocycles. The van der Waals surface area contributed by atoms with Crippen molar-refractivity contribution in [1.29, 1.82) is 0 Å². The van der Waals surface area contributed by atoms with Gasteiger partial charge in [0.15, 0.2) is 5.97 Å². The molecule has 6 nitrogen and oxygen atoms in total. The van der Waals surface area contributed by atoms with Crippen LogP contribution in [0.1, 0.15) is 87.0 Å². The molecule has 0 bridgehead atoms. The Labute approximate surface area is 240 Å². The van der Waals surface area contributed by atoms with Gasteiger partial charge in [0, 0.05) is 5.92 Å². The maximum atomic E-state index is 12.2. The van der Waals surface area contributed by atoms with E-state index < -0.39 is 23.0 Å². The molecule has 0 spiro atoms. The van der Waals surface area contributed by atoms with Crippen LogP contribution in [0.2, 0.25) is 0 Å². The van der Waals surface area contributed by atoms with Gasteiger partial charge in [-0.05, 0) is 76.5 Å². The first-order valence-electron chi connectivity index (χ1n) is 10.7. The molecule has 4 atom stereocenters. The summed E-state index contributed by atoms with van der Waals surface area (Å²) in [6.45, 7) is 14.3. The van der Waals surface area contributed by atoms with Gasteiger partial charge in [0.2, 0.25) is 0 Å². The number of ether oxygens (including phenoxy) is 2. The van der Waals surface area contributed by atoms with Crippen molar-refractivity contribution in [1.82, 2.24) is 0 Å². The quantitative estimate of drug-likeness (QED) is 0.374. The molecule has 0 N–H and O–H groups in total. The third kappa shape index (κ3) is 6.07. The molecule has 0 radical (unpaired) electrons. The molecule has 2 rings (SSSR count). The second-order valence-electron chi connectivity index (χ2n) is 11.2. The van der Waals surface area contributed by atoms with Crippen molar-refractivity contribution in [3.63, 3.8) is 0 Å². The number of carboxylic acid groups (broad SMARTS) is 1. The normalized spacial score (nSPS) is 32.9. The van der Waals surface area contributed by atoms with Crippen molar-refractivity contribution in [2.24, 2.45) is 28.1 Å². The largest absolute Gasteiger partial charge is 1.00 e. The van der Waals surface area contributed by atoms with E-state index in [1.165, 1.54) is 0 Å².